The number of hydrogen-bond acceptors (Lipinski definition) is 8. The van der Waals surface area contributed by atoms with Crippen LogP contribution in [0.4, 0.5) is 24.8 Å². The Bertz CT molecular complexity index is 1080. The van der Waals surface area contributed by atoms with E-state index in [-0.39, 0.29) is 22.9 Å². The number of nitrogen functional groups attached to an aromatic ring is 1. The molecule has 30 heavy (non-hydrogen) atoms. The summed E-state index contributed by atoms with van der Waals surface area (Å²) in [5, 5.41) is 0. The molecule has 12 heteroatoms. The molecule has 3 heterocycles. The summed E-state index contributed by atoms with van der Waals surface area (Å²) in [5.41, 5.74) is 4.28. The number of sulfone groups is 1. The van der Waals surface area contributed by atoms with E-state index in [9.17, 15) is 21.6 Å². The van der Waals surface area contributed by atoms with Gasteiger partial charge in [0.2, 0.25) is 0 Å². The first-order valence-electron chi connectivity index (χ1n) is 9.26. The number of halogens is 3. The summed E-state index contributed by atoms with van der Waals surface area (Å²) >= 11 is 0. The van der Waals surface area contributed by atoms with Crippen molar-refractivity contribution >= 4 is 21.5 Å². The summed E-state index contributed by atoms with van der Waals surface area (Å²) in [6, 6.07) is 2.28. The molecule has 0 atom stereocenters. The van der Waals surface area contributed by atoms with Crippen molar-refractivity contribution in [1.29, 1.82) is 0 Å². The lowest BCUT2D eigenvalue weighted by atomic mass is 10.1. The number of ether oxygens (including phenoxy) is 1. The van der Waals surface area contributed by atoms with Gasteiger partial charge in [0, 0.05) is 37.2 Å². The molecule has 8 nitrogen and oxygen atoms in total. The summed E-state index contributed by atoms with van der Waals surface area (Å²) in [6.45, 7) is 1.83. The second-order valence-corrected chi connectivity index (χ2v) is 9.78. The predicted octanol–water partition coefficient (Wildman–Crippen LogP) is 2.01. The number of alkyl halides is 3. The van der Waals surface area contributed by atoms with Crippen molar-refractivity contribution in [1.82, 2.24) is 15.0 Å². The molecule has 2 fully saturated rings. The maximum atomic E-state index is 13.6. The van der Waals surface area contributed by atoms with Crippen LogP contribution in [0.25, 0.3) is 11.4 Å². The van der Waals surface area contributed by atoms with Gasteiger partial charge in [-0.15, -0.1) is 0 Å². The zero-order chi connectivity index (χ0) is 21.7. The second-order valence-electron chi connectivity index (χ2n) is 7.45. The van der Waals surface area contributed by atoms with E-state index in [0.717, 1.165) is 18.5 Å². The lowest BCUT2D eigenvalue weighted by molar-refractivity contribution is -0.137. The van der Waals surface area contributed by atoms with E-state index < -0.39 is 26.3 Å². The molecule has 1 saturated heterocycles. The van der Waals surface area contributed by atoms with E-state index >= 15 is 0 Å². The minimum atomic E-state index is -4.71. The summed E-state index contributed by atoms with van der Waals surface area (Å²) in [6.07, 6.45) is -1.91. The van der Waals surface area contributed by atoms with Crippen molar-refractivity contribution in [3.8, 4) is 11.4 Å². The number of rotatable bonds is 4. The average molecular weight is 443 g/mol. The topological polar surface area (TPSA) is 111 Å². The predicted molar refractivity (Wildman–Crippen MR) is 103 cm³/mol. The molecule has 2 N–H and O–H groups in total. The molecule has 2 aliphatic rings. The van der Waals surface area contributed by atoms with Crippen LogP contribution in [-0.2, 0) is 25.5 Å². The molecule has 162 valence electrons. The van der Waals surface area contributed by atoms with Gasteiger partial charge < -0.3 is 15.4 Å². The Kier molecular flexibility index (Phi) is 4.88. The largest absolute Gasteiger partial charge is 0.417 e. The van der Waals surface area contributed by atoms with Crippen molar-refractivity contribution in [2.75, 3.05) is 43.2 Å². The molecule has 2 aromatic rings. The number of anilines is 2. The molecule has 0 radical (unpaired) electrons. The van der Waals surface area contributed by atoms with E-state index in [0.29, 0.717) is 45.0 Å². The molecule has 2 aromatic heterocycles. The number of pyridine rings is 1. The van der Waals surface area contributed by atoms with Crippen LogP contribution in [0, 0.1) is 0 Å². The third-order valence-electron chi connectivity index (χ3n) is 5.40. The number of aromatic nitrogens is 3. The van der Waals surface area contributed by atoms with Crippen LogP contribution < -0.4 is 10.6 Å². The van der Waals surface area contributed by atoms with Gasteiger partial charge >= 0.3 is 6.18 Å². The Hall–Kier alpha value is -2.47. The zero-order valence-electron chi connectivity index (χ0n) is 16.1. The van der Waals surface area contributed by atoms with Gasteiger partial charge in [-0.05, 0) is 18.9 Å². The molecule has 0 bridgehead atoms. The first-order valence-corrected chi connectivity index (χ1v) is 11.2. The molecular weight excluding hydrogens is 423 g/mol. The van der Waals surface area contributed by atoms with Gasteiger partial charge in [0.25, 0.3) is 0 Å². The fraction of sp³-hybridized carbons (Fsp3) is 0.500. The van der Waals surface area contributed by atoms with Crippen molar-refractivity contribution in [3.05, 3.63) is 29.6 Å². The fourth-order valence-corrected chi connectivity index (χ4v) is 4.89. The van der Waals surface area contributed by atoms with E-state index in [4.69, 9.17) is 10.5 Å². The Morgan fingerprint density at radius 2 is 1.83 bits per heavy atom. The van der Waals surface area contributed by atoms with E-state index in [1.54, 1.807) is 6.07 Å². The third-order valence-corrected chi connectivity index (χ3v) is 7.44. The second kappa shape index (κ2) is 7.05. The molecule has 1 saturated carbocycles. The number of nitrogens with two attached hydrogens (primary N) is 1. The molecular formula is C18H20F3N5O3S. The van der Waals surface area contributed by atoms with Crippen LogP contribution >= 0.6 is 0 Å². The van der Waals surface area contributed by atoms with Crippen molar-refractivity contribution in [2.24, 2.45) is 0 Å². The standard InChI is InChI=1S/C18H20F3N5O3S/c1-30(27,28)17(2-3-17)13-9-15(26-4-6-29-7-5-26)25-16(24-13)11-10-23-14(22)8-12(11)18(19,20)21/h8-10H,2-7H2,1H3,(H2,22,23). The van der Waals surface area contributed by atoms with Gasteiger partial charge in [-0.2, -0.15) is 13.2 Å². The normalized spacial score (nSPS) is 19.0. The highest BCUT2D eigenvalue weighted by Crippen LogP contribution is 2.52. The third kappa shape index (κ3) is 3.69. The van der Waals surface area contributed by atoms with Gasteiger partial charge in [-0.1, -0.05) is 0 Å². The number of morpholine rings is 1. The smallest absolute Gasteiger partial charge is 0.384 e. The lowest BCUT2D eigenvalue weighted by Crippen LogP contribution is -2.37. The first kappa shape index (κ1) is 20.8. The highest BCUT2D eigenvalue weighted by molar-refractivity contribution is 7.91. The maximum absolute atomic E-state index is 13.6. The Balaban J connectivity index is 1.92. The van der Waals surface area contributed by atoms with Crippen LogP contribution in [0.5, 0.6) is 0 Å². The molecule has 0 aromatic carbocycles. The molecule has 1 aliphatic heterocycles. The minimum Gasteiger partial charge on any atom is -0.384 e. The zero-order valence-corrected chi connectivity index (χ0v) is 16.9. The highest BCUT2D eigenvalue weighted by atomic mass is 32.2. The van der Waals surface area contributed by atoms with E-state index in [2.05, 4.69) is 15.0 Å². The Labute approximate surface area is 171 Å². The first-order chi connectivity index (χ1) is 14.0. The fourth-order valence-electron chi connectivity index (χ4n) is 3.56. The molecule has 4 rings (SSSR count). The van der Waals surface area contributed by atoms with Gasteiger partial charge in [-0.3, -0.25) is 0 Å². The van der Waals surface area contributed by atoms with Crippen LogP contribution in [0.15, 0.2) is 18.3 Å². The van der Waals surface area contributed by atoms with Gasteiger partial charge in [0.15, 0.2) is 15.7 Å². The lowest BCUT2D eigenvalue weighted by Gasteiger charge is -2.29. The summed E-state index contributed by atoms with van der Waals surface area (Å²) < 4.78 is 69.9. The van der Waals surface area contributed by atoms with Crippen molar-refractivity contribution in [3.63, 3.8) is 0 Å². The monoisotopic (exact) mass is 443 g/mol. The SMILES string of the molecule is CS(=O)(=O)C1(c2cc(N3CCOCC3)nc(-c3cnc(N)cc3C(F)(F)F)n2)CC1. The number of nitrogens with zero attached hydrogens (tertiary/aromatic N) is 4. The van der Waals surface area contributed by atoms with Crippen LogP contribution in [0.3, 0.4) is 0 Å². The van der Waals surface area contributed by atoms with Gasteiger partial charge in [-0.25, -0.2) is 23.4 Å². The molecule has 0 amide bonds. The molecule has 0 unspecified atom stereocenters. The van der Waals surface area contributed by atoms with Crippen molar-refractivity contribution in [2.45, 2.75) is 23.8 Å². The average Bonchev–Trinajstić information content (AvgIpc) is 3.50. The maximum Gasteiger partial charge on any atom is 0.417 e. The van der Waals surface area contributed by atoms with E-state index in [1.807, 2.05) is 4.90 Å². The molecule has 1 aliphatic carbocycles. The Morgan fingerprint density at radius 1 is 1.17 bits per heavy atom. The summed E-state index contributed by atoms with van der Waals surface area (Å²) in [4.78, 5) is 14.2. The summed E-state index contributed by atoms with van der Waals surface area (Å²) in [5.74, 6) is -0.160. The van der Waals surface area contributed by atoms with E-state index in [1.165, 1.54) is 0 Å². The molecule has 0 spiro atoms. The van der Waals surface area contributed by atoms with Crippen LogP contribution in [0.2, 0.25) is 0 Å². The van der Waals surface area contributed by atoms with Gasteiger partial charge in [0.05, 0.1) is 24.5 Å². The minimum absolute atomic E-state index is 0.196. The van der Waals surface area contributed by atoms with Crippen LogP contribution in [-0.4, -0.2) is 55.9 Å². The highest BCUT2D eigenvalue weighted by Gasteiger charge is 2.55. The van der Waals surface area contributed by atoms with Crippen molar-refractivity contribution < 1.29 is 26.3 Å². The van der Waals surface area contributed by atoms with Gasteiger partial charge in [0.1, 0.15) is 16.4 Å². The summed E-state index contributed by atoms with van der Waals surface area (Å²) in [7, 11) is -3.53. The number of hydrogen-bond donors (Lipinski definition) is 1. The Morgan fingerprint density at radius 3 is 2.40 bits per heavy atom. The van der Waals surface area contributed by atoms with Crippen LogP contribution in [0.1, 0.15) is 24.1 Å². The quantitative estimate of drug-likeness (QED) is 0.764.